The van der Waals surface area contributed by atoms with Crippen molar-refractivity contribution in [2.45, 2.75) is 33.1 Å². The fourth-order valence-corrected chi connectivity index (χ4v) is 1.37. The van der Waals surface area contributed by atoms with Gasteiger partial charge in [-0.05, 0) is 24.0 Å². The zero-order chi connectivity index (χ0) is 11.4. The number of aromatic nitrogens is 1. The molecule has 1 aromatic rings. The Morgan fingerprint density at radius 2 is 2.07 bits per heavy atom. The van der Waals surface area contributed by atoms with E-state index in [1.165, 1.54) is 0 Å². The first kappa shape index (κ1) is 11.9. The maximum absolute atomic E-state index is 11.9. The van der Waals surface area contributed by atoms with Crippen molar-refractivity contribution in [2.24, 2.45) is 0 Å². The summed E-state index contributed by atoms with van der Waals surface area (Å²) in [5.74, 6) is 0.603. The van der Waals surface area contributed by atoms with E-state index in [1.807, 2.05) is 20.8 Å². The third kappa shape index (κ3) is 3.46. The minimum atomic E-state index is -2.46. The van der Waals surface area contributed by atoms with Gasteiger partial charge in [-0.15, -0.1) is 0 Å². The van der Waals surface area contributed by atoms with Crippen LogP contribution in [0.5, 0.6) is 5.88 Å². The lowest BCUT2D eigenvalue weighted by atomic mass is 10.0. The second kappa shape index (κ2) is 5.05. The van der Waals surface area contributed by atoms with Crippen LogP contribution in [0.2, 0.25) is 0 Å². The van der Waals surface area contributed by atoms with Crippen LogP contribution in [-0.4, -0.2) is 18.0 Å². The molecule has 0 N–H and O–H groups in total. The largest absolute Gasteiger partial charge is 0.472 e. The summed E-state index contributed by atoms with van der Waals surface area (Å²) in [4.78, 5) is 3.94. The van der Waals surface area contributed by atoms with Gasteiger partial charge in [-0.25, -0.2) is 13.8 Å². The van der Waals surface area contributed by atoms with E-state index in [2.05, 4.69) is 4.98 Å². The molecule has 4 heteroatoms. The fraction of sp³-hybridized carbons (Fsp3) is 0.545. The van der Waals surface area contributed by atoms with Crippen LogP contribution in [-0.2, 0) is 0 Å². The highest BCUT2D eigenvalue weighted by atomic mass is 19.3. The monoisotopic (exact) mass is 215 g/mol. The third-order valence-corrected chi connectivity index (χ3v) is 2.10. The van der Waals surface area contributed by atoms with Crippen LogP contribution in [0.4, 0.5) is 8.78 Å². The fourth-order valence-electron chi connectivity index (χ4n) is 1.37. The minimum absolute atomic E-state index is 0.268. The van der Waals surface area contributed by atoms with Crippen molar-refractivity contribution in [1.29, 1.82) is 0 Å². The quantitative estimate of drug-likeness (QED) is 0.769. The van der Waals surface area contributed by atoms with Crippen molar-refractivity contribution in [1.82, 2.24) is 4.98 Å². The minimum Gasteiger partial charge on any atom is -0.472 e. The van der Waals surface area contributed by atoms with Gasteiger partial charge in [-0.1, -0.05) is 13.8 Å². The lowest BCUT2D eigenvalue weighted by molar-refractivity contribution is 0.0795. The van der Waals surface area contributed by atoms with Crippen molar-refractivity contribution >= 4 is 0 Å². The second-order valence-electron chi connectivity index (χ2n) is 3.74. The summed E-state index contributed by atoms with van der Waals surface area (Å²) in [5.41, 5.74) is 2.13. The number of nitrogens with zero attached hydrogens (tertiary/aromatic N) is 1. The van der Waals surface area contributed by atoms with Gasteiger partial charge < -0.3 is 4.74 Å². The molecule has 1 aromatic heterocycles. The summed E-state index contributed by atoms with van der Waals surface area (Å²) < 4.78 is 28.7. The smallest absolute Gasteiger partial charge is 0.272 e. The highest BCUT2D eigenvalue weighted by Gasteiger charge is 2.08. The van der Waals surface area contributed by atoms with Crippen LogP contribution < -0.4 is 4.74 Å². The summed E-state index contributed by atoms with van der Waals surface area (Å²) in [6.07, 6.45) is -0.813. The van der Waals surface area contributed by atoms with E-state index in [4.69, 9.17) is 4.74 Å². The van der Waals surface area contributed by atoms with E-state index in [0.29, 0.717) is 5.92 Å². The molecule has 1 rings (SSSR count). The molecule has 1 heterocycles. The molecule has 84 valence electrons. The Labute approximate surface area is 88.3 Å². The van der Waals surface area contributed by atoms with Crippen molar-refractivity contribution in [2.75, 3.05) is 6.61 Å². The average Bonchev–Trinajstić information content (AvgIpc) is 2.16. The Hall–Kier alpha value is -1.19. The summed E-state index contributed by atoms with van der Waals surface area (Å²) in [6.45, 7) is 5.42. The zero-order valence-corrected chi connectivity index (χ0v) is 9.13. The molecule has 0 unspecified atom stereocenters. The average molecular weight is 215 g/mol. The summed E-state index contributed by atoms with van der Waals surface area (Å²) in [5, 5.41) is 0. The van der Waals surface area contributed by atoms with Crippen LogP contribution in [0.25, 0.3) is 0 Å². The predicted octanol–water partition coefficient (Wildman–Crippen LogP) is 3.16. The Balaban J connectivity index is 2.78. The van der Waals surface area contributed by atoms with E-state index in [9.17, 15) is 8.78 Å². The number of ether oxygens (including phenoxy) is 1. The molecule has 0 aliphatic carbocycles. The summed E-state index contributed by atoms with van der Waals surface area (Å²) >= 11 is 0. The molecule has 2 nitrogen and oxygen atoms in total. The SMILES string of the molecule is Cc1cnc(OCC(F)F)cc1C(C)C. The standard InChI is InChI=1S/C11H15F2NO/c1-7(2)9-4-11(14-5-8(9)3)15-6-10(12)13/h4-5,7,10H,6H2,1-3H3. The van der Waals surface area contributed by atoms with E-state index in [1.54, 1.807) is 12.3 Å². The van der Waals surface area contributed by atoms with Gasteiger partial charge in [0.1, 0.15) is 0 Å². The number of rotatable bonds is 4. The zero-order valence-electron chi connectivity index (χ0n) is 9.13. The molecule has 0 aliphatic heterocycles. The maximum Gasteiger partial charge on any atom is 0.272 e. The van der Waals surface area contributed by atoms with Crippen molar-refractivity contribution in [3.05, 3.63) is 23.4 Å². The van der Waals surface area contributed by atoms with Gasteiger partial charge in [0.2, 0.25) is 5.88 Å². The maximum atomic E-state index is 11.9. The second-order valence-corrected chi connectivity index (χ2v) is 3.74. The molecule has 0 bridgehead atoms. The molecule has 0 radical (unpaired) electrons. The first-order valence-electron chi connectivity index (χ1n) is 4.88. The van der Waals surface area contributed by atoms with Gasteiger partial charge in [0, 0.05) is 12.3 Å². The highest BCUT2D eigenvalue weighted by molar-refractivity contribution is 5.30. The third-order valence-electron chi connectivity index (χ3n) is 2.10. The first-order chi connectivity index (χ1) is 7.00. The van der Waals surface area contributed by atoms with Gasteiger partial charge in [0.25, 0.3) is 6.43 Å². The molecule has 0 saturated heterocycles. The number of halogens is 2. The van der Waals surface area contributed by atoms with E-state index >= 15 is 0 Å². The molecule has 0 saturated carbocycles. The van der Waals surface area contributed by atoms with Gasteiger partial charge in [0.15, 0.2) is 6.61 Å². The highest BCUT2D eigenvalue weighted by Crippen LogP contribution is 2.22. The molecule has 0 aromatic carbocycles. The molecule has 0 fully saturated rings. The van der Waals surface area contributed by atoms with Crippen LogP contribution in [0.1, 0.15) is 30.9 Å². The molecule has 15 heavy (non-hydrogen) atoms. The lowest BCUT2D eigenvalue weighted by Gasteiger charge is -2.11. The molecular weight excluding hydrogens is 200 g/mol. The summed E-state index contributed by atoms with van der Waals surface area (Å²) in [7, 11) is 0. The van der Waals surface area contributed by atoms with Crippen LogP contribution in [0.3, 0.4) is 0 Å². The van der Waals surface area contributed by atoms with Crippen LogP contribution in [0, 0.1) is 6.92 Å². The number of aryl methyl sites for hydroxylation is 1. The van der Waals surface area contributed by atoms with Crippen molar-refractivity contribution in [3.63, 3.8) is 0 Å². The summed E-state index contributed by atoms with van der Waals surface area (Å²) in [6, 6.07) is 1.72. The number of pyridine rings is 1. The number of hydrogen-bond donors (Lipinski definition) is 0. The molecular formula is C11H15F2NO. The topological polar surface area (TPSA) is 22.1 Å². The lowest BCUT2D eigenvalue weighted by Crippen LogP contribution is -2.08. The van der Waals surface area contributed by atoms with Crippen LogP contribution >= 0.6 is 0 Å². The predicted molar refractivity (Wildman–Crippen MR) is 54.6 cm³/mol. The molecule has 0 spiro atoms. The van der Waals surface area contributed by atoms with E-state index in [-0.39, 0.29) is 5.88 Å². The Bertz CT molecular complexity index is 326. The normalized spacial score (nSPS) is 11.1. The first-order valence-corrected chi connectivity index (χ1v) is 4.88. The Morgan fingerprint density at radius 1 is 1.40 bits per heavy atom. The molecule has 0 amide bonds. The van der Waals surface area contributed by atoms with Gasteiger partial charge in [0.05, 0.1) is 0 Å². The molecule has 0 atom stereocenters. The van der Waals surface area contributed by atoms with Crippen molar-refractivity contribution < 1.29 is 13.5 Å². The Morgan fingerprint density at radius 3 is 2.60 bits per heavy atom. The van der Waals surface area contributed by atoms with E-state index in [0.717, 1.165) is 11.1 Å². The Kier molecular flexibility index (Phi) is 4.00. The van der Waals surface area contributed by atoms with Gasteiger partial charge in [-0.2, -0.15) is 0 Å². The number of alkyl halides is 2. The number of hydrogen-bond acceptors (Lipinski definition) is 2. The van der Waals surface area contributed by atoms with Gasteiger partial charge >= 0.3 is 0 Å². The van der Waals surface area contributed by atoms with Crippen LogP contribution in [0.15, 0.2) is 12.3 Å². The molecule has 0 aliphatic rings. The van der Waals surface area contributed by atoms with E-state index < -0.39 is 13.0 Å². The van der Waals surface area contributed by atoms with Crippen molar-refractivity contribution in [3.8, 4) is 5.88 Å². The van der Waals surface area contributed by atoms with Gasteiger partial charge in [-0.3, -0.25) is 0 Å².